The van der Waals surface area contributed by atoms with Crippen LogP contribution in [0.2, 0.25) is 0 Å². The van der Waals surface area contributed by atoms with Crippen LogP contribution in [-0.2, 0) is 9.53 Å². The normalized spacial score (nSPS) is 14.0. The largest absolute Gasteiger partial charge is 0.468 e. The molecule has 1 aromatic carbocycles. The molecule has 1 atom stereocenters. The third-order valence-corrected chi connectivity index (χ3v) is 4.40. The molecule has 0 radical (unpaired) electrons. The number of aryl methyl sites for hydroxylation is 1. The van der Waals surface area contributed by atoms with Crippen LogP contribution in [0.3, 0.4) is 0 Å². The monoisotopic (exact) mass is 309 g/mol. The molecule has 1 rings (SSSR count). The zero-order valence-corrected chi connectivity index (χ0v) is 14.5. The van der Waals surface area contributed by atoms with Gasteiger partial charge in [0, 0.05) is 10.9 Å². The first-order valence-corrected chi connectivity index (χ1v) is 8.41. The van der Waals surface area contributed by atoms with E-state index in [9.17, 15) is 4.79 Å². The fraction of sp³-hybridized carbons (Fsp3) is 0.588. The van der Waals surface area contributed by atoms with E-state index < -0.39 is 5.54 Å². The number of methoxy groups -OCH3 is 1. The summed E-state index contributed by atoms with van der Waals surface area (Å²) < 4.78 is 4.94. The standard InChI is InChI=1S/C17H27NO2S/c1-13(2)18-17(4,16(19)20-5)10-7-11-21-15-9-6-8-14(3)12-15/h6,8-9,12-13,18H,7,10-11H2,1-5H3. The summed E-state index contributed by atoms with van der Waals surface area (Å²) >= 11 is 1.83. The van der Waals surface area contributed by atoms with Crippen LogP contribution in [0.4, 0.5) is 0 Å². The number of hydrogen-bond acceptors (Lipinski definition) is 4. The van der Waals surface area contributed by atoms with E-state index in [1.807, 2.05) is 32.5 Å². The van der Waals surface area contributed by atoms with Crippen molar-refractivity contribution in [3.05, 3.63) is 29.8 Å². The number of ether oxygens (including phenoxy) is 1. The predicted octanol–water partition coefficient (Wildman–Crippen LogP) is 3.80. The van der Waals surface area contributed by atoms with Crippen LogP contribution < -0.4 is 5.32 Å². The summed E-state index contributed by atoms with van der Waals surface area (Å²) in [6.45, 7) is 8.12. The van der Waals surface area contributed by atoms with Crippen molar-refractivity contribution in [2.24, 2.45) is 0 Å². The van der Waals surface area contributed by atoms with Gasteiger partial charge < -0.3 is 4.74 Å². The highest BCUT2D eigenvalue weighted by Crippen LogP contribution is 2.23. The second kappa shape index (κ2) is 8.44. The number of rotatable bonds is 8. The molecule has 0 spiro atoms. The van der Waals surface area contributed by atoms with Crippen molar-refractivity contribution in [1.82, 2.24) is 5.32 Å². The molecule has 0 bridgehead atoms. The molecule has 0 saturated heterocycles. The Kier molecular flexibility index (Phi) is 7.26. The molecule has 0 aliphatic heterocycles. The average Bonchev–Trinajstić information content (AvgIpc) is 2.42. The Balaban J connectivity index is 2.48. The fourth-order valence-electron chi connectivity index (χ4n) is 2.42. The quantitative estimate of drug-likeness (QED) is 0.450. The Labute approximate surface area is 132 Å². The van der Waals surface area contributed by atoms with Crippen LogP contribution in [0.5, 0.6) is 0 Å². The second-order valence-corrected chi connectivity index (χ2v) is 7.06. The third kappa shape index (κ3) is 6.10. The van der Waals surface area contributed by atoms with E-state index in [0.29, 0.717) is 0 Å². The minimum atomic E-state index is -0.601. The smallest absolute Gasteiger partial charge is 0.325 e. The van der Waals surface area contributed by atoms with Crippen LogP contribution in [-0.4, -0.2) is 30.4 Å². The molecule has 0 aliphatic rings. The van der Waals surface area contributed by atoms with Crippen LogP contribution in [0, 0.1) is 6.92 Å². The molecule has 1 aromatic rings. The van der Waals surface area contributed by atoms with E-state index in [2.05, 4.69) is 36.5 Å². The molecule has 0 aliphatic carbocycles. The molecule has 0 saturated carbocycles. The Morgan fingerprint density at radius 1 is 1.43 bits per heavy atom. The van der Waals surface area contributed by atoms with E-state index in [0.717, 1.165) is 18.6 Å². The summed E-state index contributed by atoms with van der Waals surface area (Å²) in [5, 5.41) is 3.33. The first-order chi connectivity index (χ1) is 9.87. The number of carbonyl (C=O) groups is 1. The van der Waals surface area contributed by atoms with Gasteiger partial charge in [-0.3, -0.25) is 10.1 Å². The molecule has 1 unspecified atom stereocenters. The fourth-order valence-corrected chi connectivity index (χ4v) is 3.38. The van der Waals surface area contributed by atoms with Crippen LogP contribution >= 0.6 is 11.8 Å². The van der Waals surface area contributed by atoms with E-state index in [1.54, 1.807) is 0 Å². The highest BCUT2D eigenvalue weighted by molar-refractivity contribution is 7.99. The zero-order valence-electron chi connectivity index (χ0n) is 13.7. The molecule has 0 aromatic heterocycles. The van der Waals surface area contributed by atoms with Gasteiger partial charge in [0.15, 0.2) is 0 Å². The Bertz CT molecular complexity index is 462. The van der Waals surface area contributed by atoms with Gasteiger partial charge in [-0.05, 0) is 58.4 Å². The zero-order chi connectivity index (χ0) is 15.9. The van der Waals surface area contributed by atoms with Crippen LogP contribution in [0.25, 0.3) is 0 Å². The minimum absolute atomic E-state index is 0.184. The molecule has 1 N–H and O–H groups in total. The first-order valence-electron chi connectivity index (χ1n) is 7.43. The van der Waals surface area contributed by atoms with Crippen molar-refractivity contribution in [3.63, 3.8) is 0 Å². The van der Waals surface area contributed by atoms with Gasteiger partial charge in [-0.25, -0.2) is 0 Å². The SMILES string of the molecule is COC(=O)C(C)(CCCSc1cccc(C)c1)NC(C)C. The van der Waals surface area contributed by atoms with Gasteiger partial charge in [-0.1, -0.05) is 17.7 Å². The molecule has 0 heterocycles. The molecule has 118 valence electrons. The Morgan fingerprint density at radius 2 is 2.14 bits per heavy atom. The maximum Gasteiger partial charge on any atom is 0.325 e. The number of thioether (sulfide) groups is 1. The Hall–Kier alpha value is -1.00. The maximum absolute atomic E-state index is 12.0. The molecule has 0 amide bonds. The third-order valence-electron chi connectivity index (χ3n) is 3.32. The van der Waals surface area contributed by atoms with E-state index >= 15 is 0 Å². The van der Waals surface area contributed by atoms with Crippen molar-refractivity contribution in [3.8, 4) is 0 Å². The lowest BCUT2D eigenvalue weighted by Gasteiger charge is -2.30. The number of hydrogen-bond donors (Lipinski definition) is 1. The van der Waals surface area contributed by atoms with Gasteiger partial charge in [0.2, 0.25) is 0 Å². The van der Waals surface area contributed by atoms with Crippen LogP contribution in [0.1, 0.15) is 39.2 Å². The van der Waals surface area contributed by atoms with Crippen molar-refractivity contribution >= 4 is 17.7 Å². The lowest BCUT2D eigenvalue weighted by Crippen LogP contribution is -2.53. The van der Waals surface area contributed by atoms with E-state index in [-0.39, 0.29) is 12.0 Å². The molecule has 4 heteroatoms. The molecular formula is C17H27NO2S. The Morgan fingerprint density at radius 3 is 2.71 bits per heavy atom. The number of esters is 1. The number of benzene rings is 1. The predicted molar refractivity (Wildman–Crippen MR) is 89.8 cm³/mol. The molecule has 21 heavy (non-hydrogen) atoms. The summed E-state index contributed by atoms with van der Waals surface area (Å²) in [7, 11) is 1.45. The van der Waals surface area contributed by atoms with Gasteiger partial charge in [-0.15, -0.1) is 11.8 Å². The van der Waals surface area contributed by atoms with E-state index in [4.69, 9.17) is 4.74 Å². The topological polar surface area (TPSA) is 38.3 Å². The van der Waals surface area contributed by atoms with Gasteiger partial charge >= 0.3 is 5.97 Å². The lowest BCUT2D eigenvalue weighted by molar-refractivity contribution is -0.148. The summed E-state index contributed by atoms with van der Waals surface area (Å²) in [6.07, 6.45) is 1.74. The molecule has 3 nitrogen and oxygen atoms in total. The highest BCUT2D eigenvalue weighted by Gasteiger charge is 2.33. The minimum Gasteiger partial charge on any atom is -0.468 e. The van der Waals surface area contributed by atoms with Crippen molar-refractivity contribution in [2.45, 2.75) is 57.0 Å². The van der Waals surface area contributed by atoms with E-state index in [1.165, 1.54) is 17.6 Å². The summed E-state index contributed by atoms with van der Waals surface area (Å²) in [4.78, 5) is 13.3. The van der Waals surface area contributed by atoms with Gasteiger partial charge in [0.05, 0.1) is 7.11 Å². The van der Waals surface area contributed by atoms with Gasteiger partial charge in [0.25, 0.3) is 0 Å². The molecular weight excluding hydrogens is 282 g/mol. The van der Waals surface area contributed by atoms with Gasteiger partial charge in [0.1, 0.15) is 5.54 Å². The first kappa shape index (κ1) is 18.1. The summed E-state index contributed by atoms with van der Waals surface area (Å²) in [5.74, 6) is 0.812. The highest BCUT2D eigenvalue weighted by atomic mass is 32.2. The average molecular weight is 309 g/mol. The summed E-state index contributed by atoms with van der Waals surface area (Å²) in [5.41, 5.74) is 0.677. The molecule has 0 fully saturated rings. The van der Waals surface area contributed by atoms with Crippen LogP contribution in [0.15, 0.2) is 29.2 Å². The van der Waals surface area contributed by atoms with Crippen molar-refractivity contribution in [1.29, 1.82) is 0 Å². The number of carbonyl (C=O) groups excluding carboxylic acids is 1. The van der Waals surface area contributed by atoms with Crippen molar-refractivity contribution in [2.75, 3.05) is 12.9 Å². The summed E-state index contributed by atoms with van der Waals surface area (Å²) in [6, 6.07) is 8.75. The maximum atomic E-state index is 12.0. The lowest BCUT2D eigenvalue weighted by atomic mass is 9.95. The number of nitrogens with one attached hydrogen (secondary N) is 1. The van der Waals surface area contributed by atoms with Gasteiger partial charge in [-0.2, -0.15) is 0 Å². The second-order valence-electron chi connectivity index (χ2n) is 5.89. The van der Waals surface area contributed by atoms with Crippen molar-refractivity contribution < 1.29 is 9.53 Å².